The molecule has 0 aliphatic heterocycles. The molecule has 0 bridgehead atoms. The predicted molar refractivity (Wildman–Crippen MR) is 65.0 cm³/mol. The molecule has 0 saturated heterocycles. The number of imidazole rings is 1. The maximum absolute atomic E-state index is 12.1. The molecule has 0 aliphatic rings. The van der Waals surface area contributed by atoms with Gasteiger partial charge in [-0.2, -0.15) is 0 Å². The summed E-state index contributed by atoms with van der Waals surface area (Å²) in [6.07, 6.45) is 6.23. The van der Waals surface area contributed by atoms with Crippen LogP contribution in [0.3, 0.4) is 0 Å². The number of aromatic nitrogens is 5. The number of hydrogen-bond acceptors (Lipinski definition) is 5. The lowest BCUT2D eigenvalue weighted by molar-refractivity contribution is 0.0956. The Morgan fingerprint density at radius 3 is 3.00 bits per heavy atom. The van der Waals surface area contributed by atoms with E-state index in [1.165, 1.54) is 23.3 Å². The van der Waals surface area contributed by atoms with E-state index in [1.807, 2.05) is 6.92 Å². The molecule has 0 saturated carbocycles. The van der Waals surface area contributed by atoms with Gasteiger partial charge in [-0.3, -0.25) is 9.36 Å². The van der Waals surface area contributed by atoms with Gasteiger partial charge in [0.1, 0.15) is 11.8 Å². The van der Waals surface area contributed by atoms with Crippen LogP contribution < -0.4 is 5.73 Å². The molecule has 0 radical (unpaired) electrons. The van der Waals surface area contributed by atoms with Crippen molar-refractivity contribution in [3.05, 3.63) is 36.2 Å². The summed E-state index contributed by atoms with van der Waals surface area (Å²) in [5.74, 6) is -0.247. The topological polar surface area (TPSA) is 102 Å². The Morgan fingerprint density at radius 1 is 1.44 bits per heavy atom. The van der Waals surface area contributed by atoms with Crippen LogP contribution in [0.4, 0.5) is 5.82 Å². The molecule has 7 heteroatoms. The molecular formula is C11H10N6O. The normalized spacial score (nSPS) is 10.9. The maximum Gasteiger partial charge on any atom is 0.285 e. The van der Waals surface area contributed by atoms with Crippen molar-refractivity contribution in [2.75, 3.05) is 5.73 Å². The highest BCUT2D eigenvalue weighted by molar-refractivity contribution is 5.99. The van der Waals surface area contributed by atoms with Gasteiger partial charge in [-0.25, -0.2) is 15.0 Å². The predicted octanol–water partition coefficient (Wildman–Crippen LogP) is 0.734. The molecule has 3 rings (SSSR count). The molecule has 0 aromatic carbocycles. The van der Waals surface area contributed by atoms with Crippen molar-refractivity contribution in [2.45, 2.75) is 6.92 Å². The fraction of sp³-hybridized carbons (Fsp3) is 0.0909. The molecule has 0 unspecified atom stereocenters. The van der Waals surface area contributed by atoms with Gasteiger partial charge in [0.25, 0.3) is 5.91 Å². The Kier molecular flexibility index (Phi) is 2.12. The smallest absolute Gasteiger partial charge is 0.285 e. The van der Waals surface area contributed by atoms with Crippen molar-refractivity contribution in [1.29, 1.82) is 0 Å². The SMILES string of the molecule is Cc1c[nH]c2nc(N)c(C(=O)n3ccnc3)nc12. The van der Waals surface area contributed by atoms with E-state index in [4.69, 9.17) is 5.73 Å². The standard InChI is InChI=1S/C11H10N6O/c1-6-4-14-10-7(6)15-8(9(12)16-10)11(18)17-3-2-13-5-17/h2-5H,1H3,(H3,12,14,16). The zero-order valence-electron chi connectivity index (χ0n) is 9.58. The Labute approximate surface area is 102 Å². The molecule has 3 N–H and O–H groups in total. The minimum absolute atomic E-state index is 0.100. The fourth-order valence-corrected chi connectivity index (χ4v) is 1.73. The molecule has 7 nitrogen and oxygen atoms in total. The lowest BCUT2D eigenvalue weighted by atomic mass is 10.3. The largest absolute Gasteiger partial charge is 0.382 e. The van der Waals surface area contributed by atoms with E-state index in [1.54, 1.807) is 6.20 Å². The molecule has 3 heterocycles. The Hall–Kier alpha value is -2.70. The number of carbonyl (C=O) groups is 1. The number of nitrogen functional groups attached to an aromatic ring is 1. The second-order valence-corrected chi connectivity index (χ2v) is 3.90. The number of hydrogen-bond donors (Lipinski definition) is 2. The van der Waals surface area contributed by atoms with Crippen molar-refractivity contribution >= 4 is 22.9 Å². The number of fused-ring (bicyclic) bond motifs is 1. The van der Waals surface area contributed by atoms with E-state index in [0.29, 0.717) is 11.2 Å². The van der Waals surface area contributed by atoms with Gasteiger partial charge in [0.2, 0.25) is 0 Å². The lowest BCUT2D eigenvalue weighted by Crippen LogP contribution is -2.15. The van der Waals surface area contributed by atoms with E-state index in [0.717, 1.165) is 5.56 Å². The summed E-state index contributed by atoms with van der Waals surface area (Å²) in [6.45, 7) is 1.88. The minimum Gasteiger partial charge on any atom is -0.382 e. The number of H-pyrrole nitrogens is 1. The number of rotatable bonds is 1. The van der Waals surface area contributed by atoms with E-state index < -0.39 is 0 Å². The average molecular weight is 242 g/mol. The second-order valence-electron chi connectivity index (χ2n) is 3.90. The van der Waals surface area contributed by atoms with Gasteiger partial charge in [-0.05, 0) is 12.5 Å². The van der Waals surface area contributed by atoms with Crippen LogP contribution in [0.15, 0.2) is 24.9 Å². The molecule has 90 valence electrons. The van der Waals surface area contributed by atoms with Gasteiger partial charge in [0.05, 0.1) is 0 Å². The van der Waals surface area contributed by atoms with Crippen molar-refractivity contribution < 1.29 is 4.79 Å². The van der Waals surface area contributed by atoms with Crippen LogP contribution >= 0.6 is 0 Å². The van der Waals surface area contributed by atoms with Crippen LogP contribution in [0.5, 0.6) is 0 Å². The summed E-state index contributed by atoms with van der Waals surface area (Å²) in [5.41, 5.74) is 8.02. The lowest BCUT2D eigenvalue weighted by Gasteiger charge is -2.03. The number of aromatic amines is 1. The molecule has 3 aromatic heterocycles. The molecule has 0 amide bonds. The first kappa shape index (κ1) is 10.5. The number of anilines is 1. The third kappa shape index (κ3) is 1.45. The van der Waals surface area contributed by atoms with Gasteiger partial charge >= 0.3 is 0 Å². The first-order valence-corrected chi connectivity index (χ1v) is 5.30. The van der Waals surface area contributed by atoms with E-state index in [2.05, 4.69) is 19.9 Å². The van der Waals surface area contributed by atoms with Crippen molar-refractivity contribution in [3.8, 4) is 0 Å². The van der Waals surface area contributed by atoms with Gasteiger partial charge in [-0.15, -0.1) is 0 Å². The third-order valence-corrected chi connectivity index (χ3v) is 2.66. The van der Waals surface area contributed by atoms with Crippen LogP contribution in [0.2, 0.25) is 0 Å². The Balaban J connectivity index is 2.19. The van der Waals surface area contributed by atoms with Crippen LogP contribution in [-0.4, -0.2) is 30.4 Å². The molecular weight excluding hydrogens is 232 g/mol. The van der Waals surface area contributed by atoms with E-state index in [9.17, 15) is 4.79 Å². The highest BCUT2D eigenvalue weighted by atomic mass is 16.2. The van der Waals surface area contributed by atoms with Gasteiger partial charge in [0, 0.05) is 18.6 Å². The number of nitrogens with zero attached hydrogens (tertiary/aromatic N) is 4. The van der Waals surface area contributed by atoms with Crippen LogP contribution in [0, 0.1) is 6.92 Å². The van der Waals surface area contributed by atoms with Gasteiger partial charge in [-0.1, -0.05) is 0 Å². The maximum atomic E-state index is 12.1. The summed E-state index contributed by atoms with van der Waals surface area (Å²) < 4.78 is 1.31. The van der Waals surface area contributed by atoms with Crippen molar-refractivity contribution in [2.24, 2.45) is 0 Å². The summed E-state index contributed by atoms with van der Waals surface area (Å²) in [6, 6.07) is 0. The summed E-state index contributed by atoms with van der Waals surface area (Å²) in [4.78, 5) is 27.3. The number of carbonyl (C=O) groups excluding carboxylic acids is 1. The average Bonchev–Trinajstić information content (AvgIpc) is 2.98. The monoisotopic (exact) mass is 242 g/mol. The summed E-state index contributed by atoms with van der Waals surface area (Å²) >= 11 is 0. The van der Waals surface area contributed by atoms with Gasteiger partial charge < -0.3 is 10.7 Å². The summed E-state index contributed by atoms with van der Waals surface area (Å²) in [7, 11) is 0. The van der Waals surface area contributed by atoms with Gasteiger partial charge in [0.15, 0.2) is 17.2 Å². The highest BCUT2D eigenvalue weighted by Gasteiger charge is 2.17. The number of nitrogens with two attached hydrogens (primary N) is 1. The Bertz CT molecular complexity index is 727. The summed E-state index contributed by atoms with van der Waals surface area (Å²) in [5, 5.41) is 0. The molecule has 0 spiro atoms. The van der Waals surface area contributed by atoms with Crippen LogP contribution in [-0.2, 0) is 0 Å². The van der Waals surface area contributed by atoms with Crippen LogP contribution in [0.1, 0.15) is 16.1 Å². The van der Waals surface area contributed by atoms with Crippen molar-refractivity contribution in [1.82, 2.24) is 24.5 Å². The molecule has 18 heavy (non-hydrogen) atoms. The van der Waals surface area contributed by atoms with E-state index in [-0.39, 0.29) is 17.4 Å². The zero-order chi connectivity index (χ0) is 12.7. The quantitative estimate of drug-likeness (QED) is 0.655. The third-order valence-electron chi connectivity index (χ3n) is 2.66. The highest BCUT2D eigenvalue weighted by Crippen LogP contribution is 2.17. The minimum atomic E-state index is -0.347. The van der Waals surface area contributed by atoms with E-state index >= 15 is 0 Å². The van der Waals surface area contributed by atoms with Crippen LogP contribution in [0.25, 0.3) is 11.2 Å². The number of aryl methyl sites for hydroxylation is 1. The molecule has 3 aromatic rings. The second kappa shape index (κ2) is 3.66. The Morgan fingerprint density at radius 2 is 2.28 bits per heavy atom. The fourth-order valence-electron chi connectivity index (χ4n) is 1.73. The molecule has 0 fully saturated rings. The first-order valence-electron chi connectivity index (χ1n) is 5.30. The number of nitrogens with one attached hydrogen (secondary N) is 1. The first-order chi connectivity index (χ1) is 8.66. The molecule has 0 aliphatic carbocycles. The van der Waals surface area contributed by atoms with Crippen molar-refractivity contribution in [3.63, 3.8) is 0 Å². The molecule has 0 atom stereocenters. The zero-order valence-corrected chi connectivity index (χ0v) is 9.58.